The lowest BCUT2D eigenvalue weighted by atomic mass is 10.1. The van der Waals surface area contributed by atoms with E-state index < -0.39 is 0 Å². The molecule has 1 saturated carbocycles. The Morgan fingerprint density at radius 2 is 2.25 bits per heavy atom. The molecule has 12 heavy (non-hydrogen) atoms. The Morgan fingerprint density at radius 3 is 2.67 bits per heavy atom. The van der Waals surface area contributed by atoms with Crippen LogP contribution in [-0.4, -0.2) is 30.8 Å². The van der Waals surface area contributed by atoms with Crippen molar-refractivity contribution in [2.45, 2.75) is 25.8 Å². The zero-order valence-electron chi connectivity index (χ0n) is 7.79. The second-order valence-corrected chi connectivity index (χ2v) is 3.84. The molecule has 0 radical (unpaired) electrons. The summed E-state index contributed by atoms with van der Waals surface area (Å²) in [5.74, 6) is 1.67. The van der Waals surface area contributed by atoms with Gasteiger partial charge in [0.2, 0.25) is 0 Å². The molecule has 0 aromatic heterocycles. The number of hydrogen-bond acceptors (Lipinski definition) is 3. The lowest BCUT2D eigenvalue weighted by molar-refractivity contribution is 0.239. The third-order valence-corrected chi connectivity index (χ3v) is 2.66. The highest BCUT2D eigenvalue weighted by Gasteiger charge is 2.27. The van der Waals surface area contributed by atoms with Crippen molar-refractivity contribution in [3.05, 3.63) is 0 Å². The Bertz CT molecular complexity index is 120. The van der Waals surface area contributed by atoms with Crippen LogP contribution in [0.3, 0.4) is 0 Å². The summed E-state index contributed by atoms with van der Waals surface area (Å²) in [7, 11) is 0. The number of rotatable bonds is 6. The van der Waals surface area contributed by atoms with E-state index in [0.29, 0.717) is 6.54 Å². The molecule has 4 N–H and O–H groups in total. The Hall–Kier alpha value is -0.120. The molecule has 2 unspecified atom stereocenters. The summed E-state index contributed by atoms with van der Waals surface area (Å²) in [5, 5.41) is 12.1. The van der Waals surface area contributed by atoms with Crippen LogP contribution >= 0.6 is 0 Å². The predicted octanol–water partition coefficient (Wildman–Crippen LogP) is -0.0583. The second-order valence-electron chi connectivity index (χ2n) is 3.84. The zero-order chi connectivity index (χ0) is 8.97. The van der Waals surface area contributed by atoms with Crippen LogP contribution in [0, 0.1) is 11.8 Å². The van der Waals surface area contributed by atoms with Crippen LogP contribution in [0.15, 0.2) is 0 Å². The molecule has 0 spiro atoms. The molecular weight excluding hydrogens is 152 g/mol. The van der Waals surface area contributed by atoms with Gasteiger partial charge >= 0.3 is 0 Å². The average Bonchev–Trinajstić information content (AvgIpc) is 2.88. The largest absolute Gasteiger partial charge is 0.395 e. The normalized spacial score (nSPS) is 22.2. The van der Waals surface area contributed by atoms with E-state index in [-0.39, 0.29) is 12.6 Å². The molecule has 0 aromatic rings. The molecule has 72 valence electrons. The number of aliphatic hydroxyl groups is 1. The predicted molar refractivity (Wildman–Crippen MR) is 49.8 cm³/mol. The molecule has 1 rings (SSSR count). The SMILES string of the molecule is CC(CNC(CN)CO)C1CC1. The molecule has 1 aliphatic rings. The molecule has 0 heterocycles. The molecule has 0 aromatic carbocycles. The summed E-state index contributed by atoms with van der Waals surface area (Å²) in [6.45, 7) is 3.92. The van der Waals surface area contributed by atoms with Gasteiger partial charge in [0.05, 0.1) is 6.61 Å². The van der Waals surface area contributed by atoms with Gasteiger partial charge < -0.3 is 16.2 Å². The van der Waals surface area contributed by atoms with E-state index in [4.69, 9.17) is 10.8 Å². The Morgan fingerprint density at radius 1 is 1.58 bits per heavy atom. The maximum Gasteiger partial charge on any atom is 0.0597 e. The second kappa shape index (κ2) is 4.80. The van der Waals surface area contributed by atoms with Gasteiger partial charge in [0.25, 0.3) is 0 Å². The fourth-order valence-corrected chi connectivity index (χ4v) is 1.41. The minimum Gasteiger partial charge on any atom is -0.395 e. The Balaban J connectivity index is 2.05. The summed E-state index contributed by atoms with van der Waals surface area (Å²) in [6.07, 6.45) is 2.77. The standard InChI is InChI=1S/C9H20N2O/c1-7(8-2-3-8)5-11-9(4-10)6-12/h7-9,11-12H,2-6,10H2,1H3. The third-order valence-electron chi connectivity index (χ3n) is 2.66. The van der Waals surface area contributed by atoms with Gasteiger partial charge in [-0.2, -0.15) is 0 Å². The van der Waals surface area contributed by atoms with Crippen LogP contribution in [0.2, 0.25) is 0 Å². The fourth-order valence-electron chi connectivity index (χ4n) is 1.41. The van der Waals surface area contributed by atoms with Crippen molar-refractivity contribution in [2.75, 3.05) is 19.7 Å². The lowest BCUT2D eigenvalue weighted by Gasteiger charge is -2.17. The van der Waals surface area contributed by atoms with E-state index in [2.05, 4.69) is 12.2 Å². The number of nitrogens with one attached hydrogen (secondary N) is 1. The summed E-state index contributed by atoms with van der Waals surface area (Å²) >= 11 is 0. The van der Waals surface area contributed by atoms with Crippen molar-refractivity contribution in [1.82, 2.24) is 5.32 Å². The summed E-state index contributed by atoms with van der Waals surface area (Å²) < 4.78 is 0. The molecule has 0 aliphatic heterocycles. The molecule has 3 heteroatoms. The Labute approximate surface area is 74.3 Å². The lowest BCUT2D eigenvalue weighted by Crippen LogP contribution is -2.41. The first-order valence-electron chi connectivity index (χ1n) is 4.82. The van der Waals surface area contributed by atoms with Crippen LogP contribution in [0.4, 0.5) is 0 Å². The molecule has 3 nitrogen and oxygen atoms in total. The quantitative estimate of drug-likeness (QED) is 0.526. The average molecular weight is 172 g/mol. The van der Waals surface area contributed by atoms with E-state index in [1.54, 1.807) is 0 Å². The van der Waals surface area contributed by atoms with Crippen LogP contribution in [0.5, 0.6) is 0 Å². The van der Waals surface area contributed by atoms with E-state index in [9.17, 15) is 0 Å². The zero-order valence-corrected chi connectivity index (χ0v) is 7.79. The minimum absolute atomic E-state index is 0.0891. The van der Waals surface area contributed by atoms with Crippen LogP contribution in [0.25, 0.3) is 0 Å². The molecule has 0 bridgehead atoms. The minimum atomic E-state index is 0.0891. The number of aliphatic hydroxyl groups excluding tert-OH is 1. The summed E-state index contributed by atoms with van der Waals surface area (Å²) in [4.78, 5) is 0. The van der Waals surface area contributed by atoms with E-state index in [1.165, 1.54) is 12.8 Å². The smallest absolute Gasteiger partial charge is 0.0597 e. The van der Waals surface area contributed by atoms with Gasteiger partial charge in [-0.15, -0.1) is 0 Å². The monoisotopic (exact) mass is 172 g/mol. The van der Waals surface area contributed by atoms with Crippen molar-refractivity contribution in [3.63, 3.8) is 0 Å². The van der Waals surface area contributed by atoms with Crippen molar-refractivity contribution in [3.8, 4) is 0 Å². The molecule has 1 fully saturated rings. The van der Waals surface area contributed by atoms with Gasteiger partial charge in [0.1, 0.15) is 0 Å². The van der Waals surface area contributed by atoms with Gasteiger partial charge in [0, 0.05) is 12.6 Å². The number of nitrogens with two attached hydrogens (primary N) is 1. The van der Waals surface area contributed by atoms with Crippen molar-refractivity contribution < 1.29 is 5.11 Å². The van der Waals surface area contributed by atoms with E-state index in [1.807, 2.05) is 0 Å². The van der Waals surface area contributed by atoms with Crippen LogP contribution < -0.4 is 11.1 Å². The maximum absolute atomic E-state index is 8.85. The maximum atomic E-state index is 8.85. The molecule has 1 aliphatic carbocycles. The van der Waals surface area contributed by atoms with Crippen LogP contribution in [0.1, 0.15) is 19.8 Å². The summed E-state index contributed by atoms with van der Waals surface area (Å²) in [5.41, 5.74) is 5.44. The first-order chi connectivity index (χ1) is 5.77. The topological polar surface area (TPSA) is 58.3 Å². The van der Waals surface area contributed by atoms with Gasteiger partial charge in [-0.05, 0) is 31.2 Å². The van der Waals surface area contributed by atoms with Crippen molar-refractivity contribution in [1.29, 1.82) is 0 Å². The first-order valence-corrected chi connectivity index (χ1v) is 4.82. The first kappa shape index (κ1) is 9.96. The highest BCUT2D eigenvalue weighted by molar-refractivity contribution is 4.81. The number of hydrogen-bond donors (Lipinski definition) is 3. The molecule has 0 amide bonds. The van der Waals surface area contributed by atoms with Crippen LogP contribution in [-0.2, 0) is 0 Å². The van der Waals surface area contributed by atoms with Gasteiger partial charge in [-0.25, -0.2) is 0 Å². The van der Waals surface area contributed by atoms with Gasteiger partial charge in [-0.1, -0.05) is 6.92 Å². The molecular formula is C9H20N2O. The van der Waals surface area contributed by atoms with Crippen molar-refractivity contribution in [2.24, 2.45) is 17.6 Å². The highest BCUT2D eigenvalue weighted by Crippen LogP contribution is 2.36. The van der Waals surface area contributed by atoms with Crippen molar-refractivity contribution >= 4 is 0 Å². The van der Waals surface area contributed by atoms with Gasteiger partial charge in [-0.3, -0.25) is 0 Å². The molecule has 2 atom stereocenters. The Kier molecular flexibility index (Phi) is 3.98. The summed E-state index contributed by atoms with van der Waals surface area (Å²) in [6, 6.07) is 0.0891. The van der Waals surface area contributed by atoms with E-state index in [0.717, 1.165) is 18.4 Å². The fraction of sp³-hybridized carbons (Fsp3) is 1.00. The highest BCUT2D eigenvalue weighted by atomic mass is 16.3. The van der Waals surface area contributed by atoms with Gasteiger partial charge in [0.15, 0.2) is 0 Å². The van der Waals surface area contributed by atoms with E-state index >= 15 is 0 Å². The molecule has 0 saturated heterocycles. The third kappa shape index (κ3) is 3.09.